The summed E-state index contributed by atoms with van der Waals surface area (Å²) in [5.41, 5.74) is 0.938. The Hall–Kier alpha value is -2.68. The molecule has 3 rings (SSSR count). The van der Waals surface area contributed by atoms with Gasteiger partial charge in [-0.1, -0.05) is 36.4 Å². The van der Waals surface area contributed by atoms with Crippen molar-refractivity contribution in [3.8, 4) is 0 Å². The molecule has 3 heteroatoms. The van der Waals surface area contributed by atoms with E-state index < -0.39 is 0 Å². The average molecular weight is 305 g/mol. The molecule has 1 atom stereocenters. The summed E-state index contributed by atoms with van der Waals surface area (Å²) in [5, 5.41) is 2.32. The van der Waals surface area contributed by atoms with Gasteiger partial charge >= 0.3 is 0 Å². The molecule has 3 nitrogen and oxygen atoms in total. The van der Waals surface area contributed by atoms with Gasteiger partial charge in [0.05, 0.1) is 0 Å². The fourth-order valence-corrected chi connectivity index (χ4v) is 2.82. The van der Waals surface area contributed by atoms with Crippen molar-refractivity contribution in [3.63, 3.8) is 0 Å². The molecule has 23 heavy (non-hydrogen) atoms. The van der Waals surface area contributed by atoms with Crippen molar-refractivity contribution in [2.24, 2.45) is 0 Å². The first-order chi connectivity index (χ1) is 11.2. The zero-order valence-corrected chi connectivity index (χ0v) is 13.5. The van der Waals surface area contributed by atoms with Crippen LogP contribution in [0.2, 0.25) is 0 Å². The number of amides is 1. The fourth-order valence-electron chi connectivity index (χ4n) is 2.82. The van der Waals surface area contributed by atoms with E-state index in [0.29, 0.717) is 6.54 Å². The number of fused-ring (bicyclic) bond motifs is 1. The van der Waals surface area contributed by atoms with E-state index in [1.54, 1.807) is 0 Å². The van der Waals surface area contributed by atoms with E-state index >= 15 is 0 Å². The molecule has 0 N–H and O–H groups in total. The SMILES string of the molecule is CCN(C(=O)[C@@H](C)[n+]1ccc2ccccc2c1)c1ccccc1. The van der Waals surface area contributed by atoms with Crippen molar-refractivity contribution < 1.29 is 9.36 Å². The normalized spacial score (nSPS) is 12.1. The Morgan fingerprint density at radius 3 is 2.35 bits per heavy atom. The van der Waals surface area contributed by atoms with E-state index in [1.807, 2.05) is 78.2 Å². The molecule has 0 aliphatic carbocycles. The molecule has 1 aromatic heterocycles. The van der Waals surface area contributed by atoms with Crippen molar-refractivity contribution in [3.05, 3.63) is 73.1 Å². The number of carbonyl (C=O) groups excluding carboxylic acids is 1. The van der Waals surface area contributed by atoms with Gasteiger partial charge in [-0.05, 0) is 30.5 Å². The quantitative estimate of drug-likeness (QED) is 0.674. The molecule has 2 aromatic carbocycles. The lowest BCUT2D eigenvalue weighted by molar-refractivity contribution is -0.704. The van der Waals surface area contributed by atoms with Gasteiger partial charge in [-0.3, -0.25) is 4.79 Å². The average Bonchev–Trinajstić information content (AvgIpc) is 2.62. The first-order valence-electron chi connectivity index (χ1n) is 7.96. The molecular formula is C20H21N2O+. The number of hydrogen-bond acceptors (Lipinski definition) is 1. The largest absolute Gasteiger partial charge is 0.307 e. The highest BCUT2D eigenvalue weighted by Crippen LogP contribution is 2.17. The highest BCUT2D eigenvalue weighted by molar-refractivity contribution is 5.94. The first kappa shape index (κ1) is 15.2. The van der Waals surface area contributed by atoms with E-state index in [2.05, 4.69) is 18.2 Å². The van der Waals surface area contributed by atoms with Crippen LogP contribution in [0.25, 0.3) is 10.8 Å². The third-order valence-corrected chi connectivity index (χ3v) is 4.17. The lowest BCUT2D eigenvalue weighted by Crippen LogP contribution is -2.48. The molecule has 0 aliphatic heterocycles. The Bertz CT molecular complexity index is 814. The molecule has 3 aromatic rings. The summed E-state index contributed by atoms with van der Waals surface area (Å²) >= 11 is 0. The highest BCUT2D eigenvalue weighted by atomic mass is 16.2. The molecule has 1 heterocycles. The number of likely N-dealkylation sites (N-methyl/N-ethyl adjacent to an activating group) is 1. The Morgan fingerprint density at radius 1 is 1.00 bits per heavy atom. The van der Waals surface area contributed by atoms with Gasteiger partial charge in [0.15, 0.2) is 12.4 Å². The Kier molecular flexibility index (Phi) is 4.38. The molecule has 0 bridgehead atoms. The van der Waals surface area contributed by atoms with Crippen LogP contribution in [-0.2, 0) is 4.79 Å². The minimum atomic E-state index is -0.250. The molecular weight excluding hydrogens is 284 g/mol. The van der Waals surface area contributed by atoms with Crippen LogP contribution in [0.15, 0.2) is 73.1 Å². The zero-order chi connectivity index (χ0) is 16.2. The second-order valence-electron chi connectivity index (χ2n) is 5.61. The van der Waals surface area contributed by atoms with Gasteiger partial charge in [-0.15, -0.1) is 0 Å². The van der Waals surface area contributed by atoms with Crippen LogP contribution in [0.3, 0.4) is 0 Å². The van der Waals surface area contributed by atoms with Gasteiger partial charge in [-0.2, -0.15) is 4.57 Å². The highest BCUT2D eigenvalue weighted by Gasteiger charge is 2.27. The zero-order valence-electron chi connectivity index (χ0n) is 13.5. The van der Waals surface area contributed by atoms with Crippen LogP contribution in [0, 0.1) is 0 Å². The van der Waals surface area contributed by atoms with E-state index in [4.69, 9.17) is 0 Å². The molecule has 0 aliphatic rings. The summed E-state index contributed by atoms with van der Waals surface area (Å²) in [6, 6.07) is 19.8. The molecule has 0 saturated heterocycles. The number of benzene rings is 2. The number of rotatable bonds is 4. The van der Waals surface area contributed by atoms with Gasteiger partial charge in [0.2, 0.25) is 6.04 Å². The van der Waals surface area contributed by atoms with Crippen LogP contribution < -0.4 is 9.47 Å². The van der Waals surface area contributed by atoms with E-state index in [1.165, 1.54) is 5.39 Å². The fraction of sp³-hybridized carbons (Fsp3) is 0.200. The van der Waals surface area contributed by atoms with Gasteiger partial charge in [0.25, 0.3) is 5.91 Å². The molecule has 0 saturated carbocycles. The number of pyridine rings is 1. The molecule has 0 spiro atoms. The predicted molar refractivity (Wildman–Crippen MR) is 93.3 cm³/mol. The Labute approximate surface area is 136 Å². The summed E-state index contributed by atoms with van der Waals surface area (Å²) in [7, 11) is 0. The smallest absolute Gasteiger partial charge is 0.295 e. The first-order valence-corrected chi connectivity index (χ1v) is 7.96. The maximum absolute atomic E-state index is 12.9. The number of para-hydroxylation sites is 1. The standard InChI is InChI=1S/C20H21N2O/c1-3-22(19-11-5-4-6-12-19)20(23)16(2)21-14-13-17-9-7-8-10-18(17)15-21/h4-16H,3H2,1-2H3/q+1/t16-/m1/s1. The second-order valence-corrected chi connectivity index (χ2v) is 5.61. The number of carbonyl (C=O) groups is 1. The molecule has 0 radical (unpaired) electrons. The molecule has 0 unspecified atom stereocenters. The maximum Gasteiger partial charge on any atom is 0.295 e. The van der Waals surface area contributed by atoms with Crippen molar-refractivity contribution in [2.45, 2.75) is 19.9 Å². The number of nitrogens with zero attached hydrogens (tertiary/aromatic N) is 2. The monoisotopic (exact) mass is 305 g/mol. The van der Waals surface area contributed by atoms with Gasteiger partial charge < -0.3 is 4.90 Å². The van der Waals surface area contributed by atoms with Crippen LogP contribution in [0.1, 0.15) is 19.9 Å². The summed E-state index contributed by atoms with van der Waals surface area (Å²) in [6.07, 6.45) is 4.01. The Morgan fingerprint density at radius 2 is 1.65 bits per heavy atom. The van der Waals surface area contributed by atoms with Crippen molar-refractivity contribution >= 4 is 22.4 Å². The molecule has 1 amide bonds. The van der Waals surface area contributed by atoms with Crippen LogP contribution in [0.4, 0.5) is 5.69 Å². The minimum absolute atomic E-state index is 0.0963. The molecule has 116 valence electrons. The van der Waals surface area contributed by atoms with Crippen LogP contribution in [0.5, 0.6) is 0 Å². The minimum Gasteiger partial charge on any atom is -0.307 e. The summed E-state index contributed by atoms with van der Waals surface area (Å²) in [4.78, 5) is 14.7. The van der Waals surface area contributed by atoms with Gasteiger partial charge in [-0.25, -0.2) is 0 Å². The Balaban J connectivity index is 1.90. The van der Waals surface area contributed by atoms with Gasteiger partial charge in [0, 0.05) is 30.6 Å². The lowest BCUT2D eigenvalue weighted by Gasteiger charge is -2.22. The number of anilines is 1. The maximum atomic E-state index is 12.9. The number of hydrogen-bond donors (Lipinski definition) is 0. The van der Waals surface area contributed by atoms with E-state index in [-0.39, 0.29) is 11.9 Å². The topological polar surface area (TPSA) is 24.2 Å². The van der Waals surface area contributed by atoms with Crippen LogP contribution in [-0.4, -0.2) is 12.5 Å². The van der Waals surface area contributed by atoms with E-state index in [0.717, 1.165) is 11.1 Å². The van der Waals surface area contributed by atoms with Crippen LogP contribution >= 0.6 is 0 Å². The van der Waals surface area contributed by atoms with Crippen molar-refractivity contribution in [1.82, 2.24) is 0 Å². The number of aromatic nitrogens is 1. The predicted octanol–water partition coefficient (Wildman–Crippen LogP) is 3.74. The third kappa shape index (κ3) is 3.09. The van der Waals surface area contributed by atoms with Crippen molar-refractivity contribution in [1.29, 1.82) is 0 Å². The summed E-state index contributed by atoms with van der Waals surface area (Å²) in [5.74, 6) is 0.0963. The third-order valence-electron chi connectivity index (χ3n) is 4.17. The summed E-state index contributed by atoms with van der Waals surface area (Å²) in [6.45, 7) is 4.60. The summed E-state index contributed by atoms with van der Waals surface area (Å²) < 4.78 is 1.98. The van der Waals surface area contributed by atoms with E-state index in [9.17, 15) is 4.79 Å². The van der Waals surface area contributed by atoms with Crippen molar-refractivity contribution in [2.75, 3.05) is 11.4 Å². The molecule has 0 fully saturated rings. The lowest BCUT2D eigenvalue weighted by atomic mass is 10.1. The second kappa shape index (κ2) is 6.61. The van der Waals surface area contributed by atoms with Gasteiger partial charge in [0.1, 0.15) is 0 Å².